The second-order valence-electron chi connectivity index (χ2n) is 5.34. The molecule has 1 aliphatic carbocycles. The van der Waals surface area contributed by atoms with Crippen LogP contribution in [-0.4, -0.2) is 42.4 Å². The maximum Gasteiger partial charge on any atom is 0.241 e. The quantitative estimate of drug-likeness (QED) is 0.692. The summed E-state index contributed by atoms with van der Waals surface area (Å²) in [7, 11) is 0. The van der Waals surface area contributed by atoms with E-state index in [9.17, 15) is 9.59 Å². The van der Waals surface area contributed by atoms with Crippen molar-refractivity contribution in [1.82, 2.24) is 10.2 Å². The van der Waals surface area contributed by atoms with E-state index in [4.69, 9.17) is 5.73 Å². The molecule has 18 heavy (non-hydrogen) atoms. The van der Waals surface area contributed by atoms with Crippen molar-refractivity contribution in [3.05, 3.63) is 0 Å². The first kappa shape index (κ1) is 13.3. The topological polar surface area (TPSA) is 75.4 Å². The number of primary amides is 1. The third kappa shape index (κ3) is 3.02. The lowest BCUT2D eigenvalue weighted by Gasteiger charge is -2.36. The van der Waals surface area contributed by atoms with Gasteiger partial charge in [-0.2, -0.15) is 0 Å². The molecule has 3 N–H and O–H groups in total. The average molecular weight is 253 g/mol. The summed E-state index contributed by atoms with van der Waals surface area (Å²) < 4.78 is 0. The lowest BCUT2D eigenvalue weighted by atomic mass is 9.97. The van der Waals surface area contributed by atoms with Gasteiger partial charge in [0.05, 0.1) is 0 Å². The van der Waals surface area contributed by atoms with Crippen LogP contribution in [0.15, 0.2) is 0 Å². The molecule has 0 aromatic carbocycles. The zero-order chi connectivity index (χ0) is 13.0. The van der Waals surface area contributed by atoms with Crippen LogP contribution in [0.5, 0.6) is 0 Å². The van der Waals surface area contributed by atoms with Gasteiger partial charge in [0, 0.05) is 25.6 Å². The van der Waals surface area contributed by atoms with Crippen molar-refractivity contribution in [2.45, 2.75) is 44.6 Å². The van der Waals surface area contributed by atoms with Crippen LogP contribution in [0.4, 0.5) is 0 Å². The Bertz CT molecular complexity index is 311. The molecule has 0 aromatic heterocycles. The van der Waals surface area contributed by atoms with E-state index in [0.29, 0.717) is 13.1 Å². The molecule has 102 valence electrons. The fourth-order valence-corrected chi connectivity index (χ4v) is 2.98. The van der Waals surface area contributed by atoms with Gasteiger partial charge >= 0.3 is 0 Å². The first-order valence-corrected chi connectivity index (χ1v) is 7.00. The second kappa shape index (κ2) is 6.18. The number of hydrogen-bond acceptors (Lipinski definition) is 3. The largest absolute Gasteiger partial charge is 0.368 e. The Balaban J connectivity index is 2.02. The SMILES string of the molecule is NC(=O)C1CNCCN1C(=O)C1CCCCCC1. The van der Waals surface area contributed by atoms with Gasteiger partial charge < -0.3 is 16.0 Å². The Hall–Kier alpha value is -1.10. The standard InChI is InChI=1S/C13H23N3O2/c14-12(17)11-9-15-7-8-16(11)13(18)10-5-3-1-2-4-6-10/h10-11,15H,1-9H2,(H2,14,17). The van der Waals surface area contributed by atoms with E-state index in [2.05, 4.69) is 5.32 Å². The molecule has 0 radical (unpaired) electrons. The van der Waals surface area contributed by atoms with E-state index in [-0.39, 0.29) is 11.8 Å². The van der Waals surface area contributed by atoms with E-state index < -0.39 is 11.9 Å². The first-order valence-electron chi connectivity index (χ1n) is 7.00. The molecule has 2 rings (SSSR count). The van der Waals surface area contributed by atoms with Crippen LogP contribution in [0.25, 0.3) is 0 Å². The average Bonchev–Trinajstić information content (AvgIpc) is 2.66. The van der Waals surface area contributed by atoms with Gasteiger partial charge in [-0.05, 0) is 12.8 Å². The fourth-order valence-electron chi connectivity index (χ4n) is 2.98. The molecule has 2 fully saturated rings. The molecular weight excluding hydrogens is 230 g/mol. The highest BCUT2D eigenvalue weighted by atomic mass is 16.2. The summed E-state index contributed by atoms with van der Waals surface area (Å²) in [6, 6.07) is -0.463. The third-order valence-corrected chi connectivity index (χ3v) is 4.06. The molecule has 2 aliphatic rings. The highest BCUT2D eigenvalue weighted by molar-refractivity contribution is 5.88. The Labute approximate surface area is 108 Å². The zero-order valence-corrected chi connectivity index (χ0v) is 10.9. The van der Waals surface area contributed by atoms with Crippen molar-refractivity contribution in [3.8, 4) is 0 Å². The number of carbonyl (C=O) groups excluding carboxylic acids is 2. The van der Waals surface area contributed by atoms with Crippen LogP contribution >= 0.6 is 0 Å². The minimum absolute atomic E-state index is 0.104. The minimum atomic E-state index is -0.463. The molecule has 1 atom stereocenters. The van der Waals surface area contributed by atoms with Gasteiger partial charge in [0.1, 0.15) is 6.04 Å². The molecular formula is C13H23N3O2. The van der Waals surface area contributed by atoms with Gasteiger partial charge in [0.15, 0.2) is 0 Å². The minimum Gasteiger partial charge on any atom is -0.368 e. The lowest BCUT2D eigenvalue weighted by Crippen LogP contribution is -2.59. The second-order valence-corrected chi connectivity index (χ2v) is 5.34. The monoisotopic (exact) mass is 253 g/mol. The molecule has 2 amide bonds. The van der Waals surface area contributed by atoms with Crippen LogP contribution in [0.1, 0.15) is 38.5 Å². The summed E-state index contributed by atoms with van der Waals surface area (Å²) in [5.41, 5.74) is 5.38. The Morgan fingerprint density at radius 1 is 1.11 bits per heavy atom. The van der Waals surface area contributed by atoms with Crippen LogP contribution in [0, 0.1) is 5.92 Å². The number of carbonyl (C=O) groups is 2. The lowest BCUT2D eigenvalue weighted by molar-refractivity contribution is -0.144. The van der Waals surface area contributed by atoms with Gasteiger partial charge in [-0.15, -0.1) is 0 Å². The Morgan fingerprint density at radius 3 is 2.39 bits per heavy atom. The highest BCUT2D eigenvalue weighted by Crippen LogP contribution is 2.25. The summed E-state index contributed by atoms with van der Waals surface area (Å²) in [6.07, 6.45) is 6.64. The van der Waals surface area contributed by atoms with Crippen molar-refractivity contribution in [1.29, 1.82) is 0 Å². The van der Waals surface area contributed by atoms with Gasteiger partial charge in [-0.1, -0.05) is 25.7 Å². The molecule has 1 saturated heterocycles. The predicted octanol–water partition coefficient (Wildman–Crippen LogP) is 0.242. The molecule has 0 bridgehead atoms. The van der Waals surface area contributed by atoms with Crippen LogP contribution in [-0.2, 0) is 9.59 Å². The number of piperazine rings is 1. The summed E-state index contributed by atoms with van der Waals surface area (Å²) in [5, 5.41) is 3.12. The van der Waals surface area contributed by atoms with Gasteiger partial charge in [0.2, 0.25) is 11.8 Å². The molecule has 1 heterocycles. The van der Waals surface area contributed by atoms with Crippen molar-refractivity contribution in [2.75, 3.05) is 19.6 Å². The van der Waals surface area contributed by atoms with Crippen molar-refractivity contribution < 1.29 is 9.59 Å². The van der Waals surface area contributed by atoms with Crippen LogP contribution in [0.3, 0.4) is 0 Å². The summed E-state index contributed by atoms with van der Waals surface area (Å²) >= 11 is 0. The Kier molecular flexibility index (Phi) is 4.58. The van der Waals surface area contributed by atoms with Gasteiger partial charge in [0.25, 0.3) is 0 Å². The predicted molar refractivity (Wildman–Crippen MR) is 68.8 cm³/mol. The molecule has 5 heteroatoms. The van der Waals surface area contributed by atoms with E-state index in [0.717, 1.165) is 32.2 Å². The molecule has 0 aromatic rings. The van der Waals surface area contributed by atoms with Crippen LogP contribution in [0.2, 0.25) is 0 Å². The summed E-state index contributed by atoms with van der Waals surface area (Å²) in [4.78, 5) is 25.6. The van der Waals surface area contributed by atoms with Gasteiger partial charge in [-0.25, -0.2) is 0 Å². The van der Waals surface area contributed by atoms with E-state index in [1.54, 1.807) is 4.90 Å². The molecule has 1 unspecified atom stereocenters. The number of hydrogen-bond donors (Lipinski definition) is 2. The van der Waals surface area contributed by atoms with Gasteiger partial charge in [-0.3, -0.25) is 9.59 Å². The number of nitrogens with two attached hydrogens (primary N) is 1. The highest BCUT2D eigenvalue weighted by Gasteiger charge is 2.34. The molecule has 0 spiro atoms. The van der Waals surface area contributed by atoms with Crippen LogP contribution < -0.4 is 11.1 Å². The smallest absolute Gasteiger partial charge is 0.241 e. The maximum atomic E-state index is 12.5. The fraction of sp³-hybridized carbons (Fsp3) is 0.846. The van der Waals surface area contributed by atoms with E-state index >= 15 is 0 Å². The molecule has 1 aliphatic heterocycles. The number of nitrogens with zero attached hydrogens (tertiary/aromatic N) is 1. The van der Waals surface area contributed by atoms with Crippen molar-refractivity contribution in [2.24, 2.45) is 11.7 Å². The van der Waals surface area contributed by atoms with E-state index in [1.807, 2.05) is 0 Å². The summed E-state index contributed by atoms with van der Waals surface area (Å²) in [6.45, 7) is 1.85. The summed E-state index contributed by atoms with van der Waals surface area (Å²) in [5.74, 6) is -0.154. The molecule has 1 saturated carbocycles. The molecule has 5 nitrogen and oxygen atoms in total. The number of nitrogens with one attached hydrogen (secondary N) is 1. The first-order chi connectivity index (χ1) is 8.70. The van der Waals surface area contributed by atoms with E-state index in [1.165, 1.54) is 12.8 Å². The normalized spacial score (nSPS) is 26.7. The Morgan fingerprint density at radius 2 is 1.78 bits per heavy atom. The number of rotatable bonds is 2. The zero-order valence-electron chi connectivity index (χ0n) is 10.9. The maximum absolute atomic E-state index is 12.5. The van der Waals surface area contributed by atoms with Crippen molar-refractivity contribution >= 4 is 11.8 Å². The number of amides is 2. The third-order valence-electron chi connectivity index (χ3n) is 4.06. The van der Waals surface area contributed by atoms with Crippen molar-refractivity contribution in [3.63, 3.8) is 0 Å².